The normalized spacial score (nSPS) is 20.1. The Morgan fingerprint density at radius 1 is 1.20 bits per heavy atom. The summed E-state index contributed by atoms with van der Waals surface area (Å²) in [6, 6.07) is 8.42. The smallest absolute Gasteiger partial charge is 0.0453 e. The molecule has 0 aromatic heterocycles. The molecule has 2 nitrogen and oxygen atoms in total. The van der Waals surface area contributed by atoms with E-state index in [1.165, 1.54) is 37.7 Å². The van der Waals surface area contributed by atoms with Crippen molar-refractivity contribution in [2.45, 2.75) is 50.6 Å². The fourth-order valence-electron chi connectivity index (χ4n) is 3.27. The molecular weight excluding hydrogens is 268 g/mol. The van der Waals surface area contributed by atoms with Crippen molar-refractivity contribution in [1.82, 2.24) is 10.2 Å². The second kappa shape index (κ2) is 6.93. The van der Waals surface area contributed by atoms with Gasteiger partial charge in [0.25, 0.3) is 0 Å². The number of benzene rings is 1. The molecule has 1 aliphatic rings. The van der Waals surface area contributed by atoms with E-state index in [2.05, 4.69) is 43.4 Å². The molecule has 2 rings (SSSR count). The van der Waals surface area contributed by atoms with Crippen LogP contribution >= 0.6 is 11.6 Å². The minimum absolute atomic E-state index is 0.294. The van der Waals surface area contributed by atoms with Gasteiger partial charge in [-0.05, 0) is 45.5 Å². The Hall–Kier alpha value is -0.570. The first-order chi connectivity index (χ1) is 9.55. The molecule has 1 saturated carbocycles. The zero-order valence-electron chi connectivity index (χ0n) is 13.0. The van der Waals surface area contributed by atoms with Gasteiger partial charge < -0.3 is 10.2 Å². The number of halogens is 1. The van der Waals surface area contributed by atoms with Gasteiger partial charge in [0, 0.05) is 23.1 Å². The van der Waals surface area contributed by atoms with Crippen LogP contribution in [-0.4, -0.2) is 31.1 Å². The summed E-state index contributed by atoms with van der Waals surface area (Å²) in [6.45, 7) is 3.24. The Bertz CT molecular complexity index is 425. The number of nitrogens with zero attached hydrogens (tertiary/aromatic N) is 1. The molecular formula is C17H27ClN2. The van der Waals surface area contributed by atoms with Crippen molar-refractivity contribution in [2.75, 3.05) is 20.6 Å². The van der Waals surface area contributed by atoms with Gasteiger partial charge in [0.05, 0.1) is 0 Å². The number of rotatable bonds is 5. The molecule has 1 aromatic carbocycles. The number of nitrogens with one attached hydrogen (secondary N) is 1. The van der Waals surface area contributed by atoms with Crippen molar-refractivity contribution in [2.24, 2.45) is 0 Å². The van der Waals surface area contributed by atoms with Gasteiger partial charge >= 0.3 is 0 Å². The van der Waals surface area contributed by atoms with Crippen LogP contribution in [0.25, 0.3) is 0 Å². The highest BCUT2D eigenvalue weighted by molar-refractivity contribution is 6.31. The van der Waals surface area contributed by atoms with Gasteiger partial charge in [-0.3, -0.25) is 0 Å². The van der Waals surface area contributed by atoms with E-state index in [0.717, 1.165) is 11.6 Å². The van der Waals surface area contributed by atoms with E-state index in [-0.39, 0.29) is 0 Å². The average Bonchev–Trinajstić information content (AvgIpc) is 2.46. The monoisotopic (exact) mass is 294 g/mol. The second-order valence-corrected chi connectivity index (χ2v) is 6.71. The zero-order chi connectivity index (χ0) is 14.6. The van der Waals surface area contributed by atoms with E-state index in [4.69, 9.17) is 11.6 Å². The summed E-state index contributed by atoms with van der Waals surface area (Å²) in [7, 11) is 4.43. The third-order valence-electron chi connectivity index (χ3n) is 4.84. The summed E-state index contributed by atoms with van der Waals surface area (Å²) < 4.78 is 0. The number of likely N-dealkylation sites (N-methyl/N-ethyl adjacent to an activating group) is 1. The van der Waals surface area contributed by atoms with E-state index in [9.17, 15) is 0 Å². The molecule has 0 bridgehead atoms. The lowest BCUT2D eigenvalue weighted by molar-refractivity contribution is 0.0958. The third kappa shape index (κ3) is 3.55. The molecule has 112 valence electrons. The molecule has 0 aliphatic heterocycles. The van der Waals surface area contributed by atoms with E-state index in [0.29, 0.717) is 11.6 Å². The Balaban J connectivity index is 2.01. The topological polar surface area (TPSA) is 15.3 Å². The van der Waals surface area contributed by atoms with Gasteiger partial charge in [0.15, 0.2) is 0 Å². The highest BCUT2D eigenvalue weighted by Crippen LogP contribution is 2.32. The van der Waals surface area contributed by atoms with Crippen molar-refractivity contribution in [3.8, 4) is 0 Å². The predicted octanol–water partition coefficient (Wildman–Crippen LogP) is 4.26. The quantitative estimate of drug-likeness (QED) is 0.873. The fraction of sp³-hybridized carbons (Fsp3) is 0.647. The van der Waals surface area contributed by atoms with Gasteiger partial charge in [0.1, 0.15) is 0 Å². The average molecular weight is 295 g/mol. The van der Waals surface area contributed by atoms with Gasteiger partial charge in [0.2, 0.25) is 0 Å². The summed E-state index contributed by atoms with van der Waals surface area (Å²) in [5, 5.41) is 4.56. The first-order valence-electron chi connectivity index (χ1n) is 7.70. The van der Waals surface area contributed by atoms with Crippen molar-refractivity contribution in [3.63, 3.8) is 0 Å². The largest absolute Gasteiger partial charge is 0.308 e. The van der Waals surface area contributed by atoms with Crippen LogP contribution < -0.4 is 5.32 Å². The standard InChI is InChI=1S/C17H27ClN2/c1-14(15-9-5-6-10-16(15)18)19-13-17(20(2)3)11-7-4-8-12-17/h5-6,9-10,14,19H,4,7-8,11-13H2,1-3H3. The molecule has 0 spiro atoms. The molecule has 0 saturated heterocycles. The third-order valence-corrected chi connectivity index (χ3v) is 5.19. The minimum atomic E-state index is 0.294. The maximum absolute atomic E-state index is 6.29. The van der Waals surface area contributed by atoms with Crippen LogP contribution in [0.3, 0.4) is 0 Å². The van der Waals surface area contributed by atoms with Crippen LogP contribution in [0.2, 0.25) is 5.02 Å². The SMILES string of the molecule is CC(NCC1(N(C)C)CCCCC1)c1ccccc1Cl. The molecule has 0 radical (unpaired) electrons. The van der Waals surface area contributed by atoms with Crippen LogP contribution in [-0.2, 0) is 0 Å². The van der Waals surface area contributed by atoms with Crippen LogP contribution in [0.1, 0.15) is 50.6 Å². The van der Waals surface area contributed by atoms with E-state index in [1.54, 1.807) is 0 Å². The Labute approximate surface area is 128 Å². The number of hydrogen-bond donors (Lipinski definition) is 1. The van der Waals surface area contributed by atoms with Crippen LogP contribution in [0.15, 0.2) is 24.3 Å². The van der Waals surface area contributed by atoms with Crippen molar-refractivity contribution >= 4 is 11.6 Å². The molecule has 1 unspecified atom stereocenters. The molecule has 1 N–H and O–H groups in total. The van der Waals surface area contributed by atoms with Crippen molar-refractivity contribution < 1.29 is 0 Å². The Kier molecular flexibility index (Phi) is 5.48. The highest BCUT2D eigenvalue weighted by Gasteiger charge is 2.34. The molecule has 0 amide bonds. The lowest BCUT2D eigenvalue weighted by Gasteiger charge is -2.44. The second-order valence-electron chi connectivity index (χ2n) is 6.30. The van der Waals surface area contributed by atoms with Gasteiger partial charge in [-0.2, -0.15) is 0 Å². The Morgan fingerprint density at radius 3 is 2.45 bits per heavy atom. The Morgan fingerprint density at radius 2 is 1.85 bits per heavy atom. The lowest BCUT2D eigenvalue weighted by Crippen LogP contribution is -2.53. The predicted molar refractivity (Wildman–Crippen MR) is 87.4 cm³/mol. The van der Waals surface area contributed by atoms with Crippen LogP contribution in [0.5, 0.6) is 0 Å². The van der Waals surface area contributed by atoms with Gasteiger partial charge in [-0.1, -0.05) is 49.1 Å². The minimum Gasteiger partial charge on any atom is -0.308 e. The molecule has 0 heterocycles. The van der Waals surface area contributed by atoms with Gasteiger partial charge in [-0.25, -0.2) is 0 Å². The van der Waals surface area contributed by atoms with Crippen LogP contribution in [0.4, 0.5) is 0 Å². The van der Waals surface area contributed by atoms with E-state index in [1.807, 2.05) is 12.1 Å². The first-order valence-corrected chi connectivity index (χ1v) is 8.08. The summed E-state index contributed by atoms with van der Waals surface area (Å²) in [6.07, 6.45) is 6.67. The maximum atomic E-state index is 6.29. The molecule has 1 atom stereocenters. The zero-order valence-corrected chi connectivity index (χ0v) is 13.7. The molecule has 3 heteroatoms. The van der Waals surface area contributed by atoms with Crippen LogP contribution in [0, 0.1) is 0 Å². The summed E-state index contributed by atoms with van der Waals surface area (Å²) in [5.74, 6) is 0. The summed E-state index contributed by atoms with van der Waals surface area (Å²) >= 11 is 6.29. The van der Waals surface area contributed by atoms with Crippen molar-refractivity contribution in [3.05, 3.63) is 34.9 Å². The highest BCUT2D eigenvalue weighted by atomic mass is 35.5. The molecule has 1 fully saturated rings. The summed E-state index contributed by atoms with van der Waals surface area (Å²) in [5.41, 5.74) is 1.51. The lowest BCUT2D eigenvalue weighted by atomic mass is 9.80. The molecule has 1 aliphatic carbocycles. The summed E-state index contributed by atoms with van der Waals surface area (Å²) in [4.78, 5) is 2.42. The van der Waals surface area contributed by atoms with E-state index < -0.39 is 0 Å². The fourth-order valence-corrected chi connectivity index (χ4v) is 3.57. The van der Waals surface area contributed by atoms with Crippen molar-refractivity contribution in [1.29, 1.82) is 0 Å². The molecule has 20 heavy (non-hydrogen) atoms. The maximum Gasteiger partial charge on any atom is 0.0453 e. The van der Waals surface area contributed by atoms with E-state index >= 15 is 0 Å². The molecule has 1 aromatic rings. The first kappa shape index (κ1) is 15.8. The van der Waals surface area contributed by atoms with Gasteiger partial charge in [-0.15, -0.1) is 0 Å². The number of hydrogen-bond acceptors (Lipinski definition) is 2.